The van der Waals surface area contributed by atoms with Crippen molar-refractivity contribution < 1.29 is 0 Å². The molecule has 0 saturated heterocycles. The first-order valence-electron chi connectivity index (χ1n) is 17.4. The van der Waals surface area contributed by atoms with E-state index < -0.39 is 0 Å². The highest BCUT2D eigenvalue weighted by Gasteiger charge is 2.19. The first-order chi connectivity index (χ1) is 25.7. The van der Waals surface area contributed by atoms with E-state index in [4.69, 9.17) is 15.0 Å². The zero-order valence-corrected chi connectivity index (χ0v) is 28.7. The number of hydrogen-bond acceptors (Lipinski definition) is 4. The Kier molecular flexibility index (Phi) is 6.39. The lowest BCUT2D eigenvalue weighted by atomic mass is 10.0. The standard InChI is InChI=1S/C47H28N4S/c1-2-12-29(13-3-1)45-48-46(50-47(49-45)38-22-11-21-37-36-20-8-9-23-43(36)52-44(37)38)34-18-10-19-35(24-34)51-41-27-32-16-6-4-14-30(32)25-39(41)40-26-31-15-5-7-17-33(31)28-42(40)51/h1-28H. The minimum atomic E-state index is 0.639. The highest BCUT2D eigenvalue weighted by molar-refractivity contribution is 7.26. The molecule has 0 aliphatic heterocycles. The van der Waals surface area contributed by atoms with E-state index in [1.165, 1.54) is 63.5 Å². The van der Waals surface area contributed by atoms with Gasteiger partial charge in [0.25, 0.3) is 0 Å². The fraction of sp³-hybridized carbons (Fsp3) is 0. The van der Waals surface area contributed by atoms with Crippen LogP contribution >= 0.6 is 11.3 Å². The molecule has 0 spiro atoms. The second kappa shape index (κ2) is 11.4. The predicted molar refractivity (Wildman–Crippen MR) is 218 cm³/mol. The smallest absolute Gasteiger partial charge is 0.165 e. The maximum Gasteiger partial charge on any atom is 0.165 e. The maximum absolute atomic E-state index is 5.22. The molecule has 5 heteroatoms. The topological polar surface area (TPSA) is 43.6 Å². The lowest BCUT2D eigenvalue weighted by Gasteiger charge is -2.12. The molecule has 0 bridgehead atoms. The van der Waals surface area contributed by atoms with Gasteiger partial charge in [-0.05, 0) is 70.1 Å². The fourth-order valence-electron chi connectivity index (χ4n) is 7.72. The summed E-state index contributed by atoms with van der Waals surface area (Å²) in [6, 6.07) is 60.4. The van der Waals surface area contributed by atoms with Crippen molar-refractivity contribution in [3.8, 4) is 39.9 Å². The molecule has 52 heavy (non-hydrogen) atoms. The van der Waals surface area contributed by atoms with Crippen LogP contribution in [0.15, 0.2) is 170 Å². The highest BCUT2D eigenvalue weighted by atomic mass is 32.1. The molecule has 3 aromatic heterocycles. The third kappa shape index (κ3) is 4.57. The van der Waals surface area contributed by atoms with Gasteiger partial charge in [0.15, 0.2) is 17.5 Å². The monoisotopic (exact) mass is 680 g/mol. The van der Waals surface area contributed by atoms with E-state index in [2.05, 4.69) is 156 Å². The molecule has 242 valence electrons. The van der Waals surface area contributed by atoms with Gasteiger partial charge >= 0.3 is 0 Å². The van der Waals surface area contributed by atoms with Crippen molar-refractivity contribution in [2.24, 2.45) is 0 Å². The van der Waals surface area contributed by atoms with Crippen molar-refractivity contribution >= 4 is 74.9 Å². The highest BCUT2D eigenvalue weighted by Crippen LogP contribution is 2.41. The number of nitrogens with zero attached hydrogens (tertiary/aromatic N) is 4. The Morgan fingerprint density at radius 3 is 1.63 bits per heavy atom. The minimum absolute atomic E-state index is 0.639. The molecule has 0 amide bonds. The van der Waals surface area contributed by atoms with E-state index in [0.29, 0.717) is 17.5 Å². The zero-order valence-electron chi connectivity index (χ0n) is 27.9. The normalized spacial score (nSPS) is 11.8. The molecule has 11 aromatic rings. The van der Waals surface area contributed by atoms with Crippen molar-refractivity contribution in [3.63, 3.8) is 0 Å². The summed E-state index contributed by atoms with van der Waals surface area (Å²) in [5.41, 5.74) is 6.28. The maximum atomic E-state index is 5.22. The summed E-state index contributed by atoms with van der Waals surface area (Å²) >= 11 is 1.79. The number of hydrogen-bond donors (Lipinski definition) is 0. The molecule has 0 saturated carbocycles. The van der Waals surface area contributed by atoms with Gasteiger partial charge in [0, 0.05) is 53.3 Å². The van der Waals surface area contributed by atoms with Crippen LogP contribution in [0.5, 0.6) is 0 Å². The molecular formula is C47H28N4S. The van der Waals surface area contributed by atoms with Gasteiger partial charge in [-0.2, -0.15) is 0 Å². The van der Waals surface area contributed by atoms with Gasteiger partial charge in [0.1, 0.15) is 0 Å². The van der Waals surface area contributed by atoms with E-state index in [-0.39, 0.29) is 0 Å². The molecule has 8 aromatic carbocycles. The van der Waals surface area contributed by atoms with Gasteiger partial charge in [-0.15, -0.1) is 11.3 Å². The molecule has 11 rings (SSSR count). The van der Waals surface area contributed by atoms with E-state index in [0.717, 1.165) is 22.4 Å². The van der Waals surface area contributed by atoms with Crippen LogP contribution in [0.3, 0.4) is 0 Å². The quantitative estimate of drug-likeness (QED) is 0.186. The molecule has 0 aliphatic carbocycles. The Balaban J connectivity index is 1.15. The van der Waals surface area contributed by atoms with Crippen LogP contribution in [-0.2, 0) is 0 Å². The van der Waals surface area contributed by atoms with E-state index >= 15 is 0 Å². The first-order valence-corrected chi connectivity index (χ1v) is 18.3. The third-order valence-electron chi connectivity index (χ3n) is 10.2. The Morgan fingerprint density at radius 2 is 0.923 bits per heavy atom. The minimum Gasteiger partial charge on any atom is -0.309 e. The summed E-state index contributed by atoms with van der Waals surface area (Å²) in [4.78, 5) is 15.5. The lowest BCUT2D eigenvalue weighted by Crippen LogP contribution is -2.01. The summed E-state index contributed by atoms with van der Waals surface area (Å²) in [7, 11) is 0. The summed E-state index contributed by atoms with van der Waals surface area (Å²) in [6.45, 7) is 0. The van der Waals surface area contributed by atoms with Crippen molar-refractivity contribution in [2.45, 2.75) is 0 Å². The van der Waals surface area contributed by atoms with Gasteiger partial charge in [0.2, 0.25) is 0 Å². The van der Waals surface area contributed by atoms with Crippen molar-refractivity contribution in [2.75, 3.05) is 0 Å². The van der Waals surface area contributed by atoms with E-state index in [1.54, 1.807) is 11.3 Å². The molecule has 0 unspecified atom stereocenters. The average molecular weight is 681 g/mol. The van der Waals surface area contributed by atoms with E-state index in [9.17, 15) is 0 Å². The van der Waals surface area contributed by atoms with Gasteiger partial charge in [0.05, 0.1) is 11.0 Å². The molecule has 0 N–H and O–H groups in total. The Bertz CT molecular complexity index is 3100. The summed E-state index contributed by atoms with van der Waals surface area (Å²) in [5, 5.41) is 9.82. The third-order valence-corrected chi connectivity index (χ3v) is 11.4. The molecule has 0 radical (unpaired) electrons. The summed E-state index contributed by atoms with van der Waals surface area (Å²) in [6.07, 6.45) is 0. The largest absolute Gasteiger partial charge is 0.309 e. The van der Waals surface area contributed by atoms with Crippen LogP contribution in [-0.4, -0.2) is 19.5 Å². The molecule has 4 nitrogen and oxygen atoms in total. The van der Waals surface area contributed by atoms with E-state index in [1.807, 2.05) is 18.2 Å². The molecule has 3 heterocycles. The van der Waals surface area contributed by atoms with Crippen LogP contribution in [0.4, 0.5) is 0 Å². The van der Waals surface area contributed by atoms with Crippen LogP contribution in [0.25, 0.3) is 103 Å². The number of fused-ring (bicyclic) bond motifs is 8. The molecule has 0 atom stereocenters. The number of benzene rings is 8. The Morgan fingerprint density at radius 1 is 0.385 bits per heavy atom. The van der Waals surface area contributed by atoms with Crippen LogP contribution in [0, 0.1) is 0 Å². The van der Waals surface area contributed by atoms with Gasteiger partial charge in [-0.25, -0.2) is 15.0 Å². The Labute approximate surface area is 302 Å². The SMILES string of the molecule is c1ccc(-c2nc(-c3cccc(-n4c5cc6ccccc6cc5c5cc6ccccc6cc54)c3)nc(-c3cccc4c3sc3ccccc34)n2)cc1. The number of thiophene rings is 1. The molecule has 0 aliphatic rings. The van der Waals surface area contributed by atoms with Crippen LogP contribution < -0.4 is 0 Å². The second-order valence-corrected chi connectivity index (χ2v) is 14.3. The van der Waals surface area contributed by atoms with Crippen LogP contribution in [0.2, 0.25) is 0 Å². The molecule has 0 fully saturated rings. The average Bonchev–Trinajstić information content (AvgIpc) is 3.74. The van der Waals surface area contributed by atoms with Crippen molar-refractivity contribution in [3.05, 3.63) is 170 Å². The van der Waals surface area contributed by atoms with Crippen molar-refractivity contribution in [1.82, 2.24) is 19.5 Å². The first kappa shape index (κ1) is 29.1. The zero-order chi connectivity index (χ0) is 34.2. The van der Waals surface area contributed by atoms with Gasteiger partial charge < -0.3 is 4.57 Å². The van der Waals surface area contributed by atoms with Gasteiger partial charge in [-0.3, -0.25) is 0 Å². The summed E-state index contributed by atoms with van der Waals surface area (Å²) < 4.78 is 4.82. The predicted octanol–water partition coefficient (Wildman–Crippen LogP) is 12.6. The second-order valence-electron chi connectivity index (χ2n) is 13.3. The molecular weight excluding hydrogens is 653 g/mol. The van der Waals surface area contributed by atoms with Crippen LogP contribution in [0.1, 0.15) is 0 Å². The lowest BCUT2D eigenvalue weighted by molar-refractivity contribution is 1.07. The van der Waals surface area contributed by atoms with Crippen molar-refractivity contribution in [1.29, 1.82) is 0 Å². The van der Waals surface area contributed by atoms with Gasteiger partial charge in [-0.1, -0.05) is 121 Å². The number of rotatable bonds is 4. The number of aromatic nitrogens is 4. The summed E-state index contributed by atoms with van der Waals surface area (Å²) in [5.74, 6) is 1.96. The Hall–Kier alpha value is -6.69. The fourth-order valence-corrected chi connectivity index (χ4v) is 8.93.